The summed E-state index contributed by atoms with van der Waals surface area (Å²) in [5, 5.41) is 22.9. The van der Waals surface area contributed by atoms with Crippen molar-refractivity contribution in [3.05, 3.63) is 28.3 Å². The highest BCUT2D eigenvalue weighted by atomic mass is 16.6. The van der Waals surface area contributed by atoms with E-state index in [9.17, 15) is 20.0 Å². The van der Waals surface area contributed by atoms with Crippen molar-refractivity contribution in [3.8, 4) is 5.75 Å². The van der Waals surface area contributed by atoms with Crippen LogP contribution in [0.15, 0.2) is 18.2 Å². The maximum atomic E-state index is 11.2. The molecule has 0 bridgehead atoms. The molecule has 0 saturated carbocycles. The number of benzene rings is 1. The number of anilines is 1. The van der Waals surface area contributed by atoms with Gasteiger partial charge in [0.2, 0.25) is 0 Å². The number of carboxylic acid groups (broad SMARTS) is 1. The third-order valence-electron chi connectivity index (χ3n) is 3.32. The summed E-state index contributed by atoms with van der Waals surface area (Å²) in [4.78, 5) is 21.5. The molecule has 0 amide bonds. The summed E-state index contributed by atoms with van der Waals surface area (Å²) >= 11 is 0. The molecule has 110 valence electrons. The third-order valence-corrected chi connectivity index (χ3v) is 3.32. The van der Waals surface area contributed by atoms with Crippen LogP contribution in [0.3, 0.4) is 0 Å². The van der Waals surface area contributed by atoms with Crippen LogP contribution in [0, 0.1) is 15.5 Å². The predicted molar refractivity (Wildman–Crippen MR) is 74.2 cm³/mol. The normalized spacial score (nSPS) is 13.3. The second-order valence-corrected chi connectivity index (χ2v) is 4.75. The van der Waals surface area contributed by atoms with Crippen molar-refractivity contribution in [2.45, 2.75) is 20.3 Å². The van der Waals surface area contributed by atoms with E-state index in [0.717, 1.165) is 0 Å². The summed E-state index contributed by atoms with van der Waals surface area (Å²) in [7, 11) is 1.41. The van der Waals surface area contributed by atoms with Crippen LogP contribution in [0.4, 0.5) is 11.4 Å². The first-order valence-corrected chi connectivity index (χ1v) is 6.13. The monoisotopic (exact) mass is 282 g/mol. The number of nitro benzene ring substituents is 1. The number of non-ortho nitro benzene ring substituents is 1. The highest BCUT2D eigenvalue weighted by Gasteiger charge is 2.30. The number of carbonyl (C=O) groups is 1. The fourth-order valence-corrected chi connectivity index (χ4v) is 1.56. The first-order chi connectivity index (χ1) is 9.32. The number of aliphatic carboxylic acids is 1. The van der Waals surface area contributed by atoms with Crippen LogP contribution < -0.4 is 10.1 Å². The summed E-state index contributed by atoms with van der Waals surface area (Å²) in [5.41, 5.74) is -0.588. The number of nitrogens with zero attached hydrogens (tertiary/aromatic N) is 1. The molecule has 0 heterocycles. The molecule has 7 heteroatoms. The molecule has 0 radical (unpaired) electrons. The van der Waals surface area contributed by atoms with Gasteiger partial charge in [0.25, 0.3) is 5.69 Å². The first-order valence-electron chi connectivity index (χ1n) is 6.13. The van der Waals surface area contributed by atoms with E-state index >= 15 is 0 Å². The van der Waals surface area contributed by atoms with Crippen LogP contribution in [-0.2, 0) is 4.79 Å². The molecule has 7 nitrogen and oxygen atoms in total. The summed E-state index contributed by atoms with van der Waals surface area (Å²) < 4.78 is 4.99. The Hall–Kier alpha value is -2.31. The number of carboxylic acids is 1. The van der Waals surface area contributed by atoms with Gasteiger partial charge in [0.1, 0.15) is 5.75 Å². The van der Waals surface area contributed by atoms with E-state index in [-0.39, 0.29) is 12.2 Å². The Kier molecular flexibility index (Phi) is 4.90. The van der Waals surface area contributed by atoms with E-state index < -0.39 is 16.3 Å². The van der Waals surface area contributed by atoms with Gasteiger partial charge < -0.3 is 15.2 Å². The fourth-order valence-electron chi connectivity index (χ4n) is 1.56. The van der Waals surface area contributed by atoms with Crippen molar-refractivity contribution in [2.75, 3.05) is 19.0 Å². The van der Waals surface area contributed by atoms with Crippen LogP contribution in [0.25, 0.3) is 0 Å². The quantitative estimate of drug-likeness (QED) is 0.588. The van der Waals surface area contributed by atoms with E-state index in [2.05, 4.69) is 5.32 Å². The lowest BCUT2D eigenvalue weighted by Gasteiger charge is -2.23. The lowest BCUT2D eigenvalue weighted by molar-refractivity contribution is -0.384. The van der Waals surface area contributed by atoms with E-state index in [1.54, 1.807) is 19.9 Å². The third kappa shape index (κ3) is 3.59. The van der Waals surface area contributed by atoms with E-state index in [4.69, 9.17) is 4.74 Å². The molecule has 0 aliphatic carbocycles. The van der Waals surface area contributed by atoms with Gasteiger partial charge in [0.15, 0.2) is 0 Å². The molecule has 1 unspecified atom stereocenters. The smallest absolute Gasteiger partial charge is 0.311 e. The standard InChI is InChI=1S/C13H18N2O5/c1-4-13(2,12(16)17)8-14-9-5-10(15(18)19)7-11(6-9)20-3/h5-7,14H,4,8H2,1-3H3,(H,16,17). The largest absolute Gasteiger partial charge is 0.496 e. The Morgan fingerprint density at radius 3 is 2.60 bits per heavy atom. The molecule has 20 heavy (non-hydrogen) atoms. The van der Waals surface area contributed by atoms with E-state index in [0.29, 0.717) is 17.9 Å². The summed E-state index contributed by atoms with van der Waals surface area (Å²) in [6.45, 7) is 3.57. The van der Waals surface area contributed by atoms with Gasteiger partial charge in [-0.05, 0) is 13.3 Å². The maximum Gasteiger partial charge on any atom is 0.311 e. The molecule has 0 spiro atoms. The molecule has 0 aromatic heterocycles. The molecular formula is C13H18N2O5. The van der Waals surface area contributed by atoms with Gasteiger partial charge in [-0.2, -0.15) is 0 Å². The zero-order chi connectivity index (χ0) is 15.3. The zero-order valence-corrected chi connectivity index (χ0v) is 11.7. The van der Waals surface area contributed by atoms with Crippen LogP contribution in [0.1, 0.15) is 20.3 Å². The molecule has 2 N–H and O–H groups in total. The minimum Gasteiger partial charge on any atom is -0.496 e. The Morgan fingerprint density at radius 2 is 2.15 bits per heavy atom. The average Bonchev–Trinajstić information content (AvgIpc) is 2.43. The van der Waals surface area contributed by atoms with Crippen molar-refractivity contribution in [1.82, 2.24) is 0 Å². The maximum absolute atomic E-state index is 11.2. The van der Waals surface area contributed by atoms with Crippen LogP contribution in [-0.4, -0.2) is 29.7 Å². The van der Waals surface area contributed by atoms with Crippen molar-refractivity contribution >= 4 is 17.3 Å². The lowest BCUT2D eigenvalue weighted by atomic mass is 9.87. The summed E-state index contributed by atoms with van der Waals surface area (Å²) in [5.74, 6) is -0.569. The van der Waals surface area contributed by atoms with Crippen LogP contribution >= 0.6 is 0 Å². The Labute approximate surface area is 116 Å². The van der Waals surface area contributed by atoms with Gasteiger partial charge in [-0.1, -0.05) is 6.92 Å². The Balaban J connectivity index is 2.95. The number of hydrogen-bond donors (Lipinski definition) is 2. The molecule has 1 aromatic rings. The van der Waals surface area contributed by atoms with Gasteiger partial charge in [-0.3, -0.25) is 14.9 Å². The van der Waals surface area contributed by atoms with Crippen LogP contribution in [0.5, 0.6) is 5.75 Å². The van der Waals surface area contributed by atoms with Crippen LogP contribution in [0.2, 0.25) is 0 Å². The van der Waals surface area contributed by atoms with Gasteiger partial charge in [-0.15, -0.1) is 0 Å². The topological polar surface area (TPSA) is 102 Å². The van der Waals surface area contributed by atoms with Gasteiger partial charge in [0, 0.05) is 24.4 Å². The van der Waals surface area contributed by atoms with Gasteiger partial charge in [0.05, 0.1) is 23.5 Å². The molecule has 0 fully saturated rings. The number of nitro groups is 1. The molecule has 1 atom stereocenters. The molecule has 1 aromatic carbocycles. The van der Waals surface area contributed by atoms with E-state index in [1.807, 2.05) is 0 Å². The molecule has 1 rings (SSSR count). The highest BCUT2D eigenvalue weighted by molar-refractivity contribution is 5.75. The molecular weight excluding hydrogens is 264 g/mol. The summed E-state index contributed by atoms with van der Waals surface area (Å²) in [6, 6.07) is 4.24. The highest BCUT2D eigenvalue weighted by Crippen LogP contribution is 2.28. The summed E-state index contributed by atoms with van der Waals surface area (Å²) in [6.07, 6.45) is 0.446. The minimum atomic E-state index is -0.933. The molecule has 0 saturated heterocycles. The number of rotatable bonds is 7. The lowest BCUT2D eigenvalue weighted by Crippen LogP contribution is -2.34. The van der Waals surface area contributed by atoms with Crippen molar-refractivity contribution < 1.29 is 19.6 Å². The molecule has 0 aliphatic rings. The Bertz CT molecular complexity index is 517. The number of hydrogen-bond acceptors (Lipinski definition) is 5. The van der Waals surface area contributed by atoms with Crippen molar-refractivity contribution in [1.29, 1.82) is 0 Å². The average molecular weight is 282 g/mol. The molecule has 0 aliphatic heterocycles. The number of ether oxygens (including phenoxy) is 1. The van der Waals surface area contributed by atoms with Crippen molar-refractivity contribution in [3.63, 3.8) is 0 Å². The minimum absolute atomic E-state index is 0.111. The second-order valence-electron chi connectivity index (χ2n) is 4.75. The first kappa shape index (κ1) is 15.7. The fraction of sp³-hybridized carbons (Fsp3) is 0.462. The van der Waals surface area contributed by atoms with E-state index in [1.165, 1.54) is 19.2 Å². The van der Waals surface area contributed by atoms with Crippen molar-refractivity contribution in [2.24, 2.45) is 5.41 Å². The second kappa shape index (κ2) is 6.23. The number of methoxy groups -OCH3 is 1. The SMILES string of the molecule is CCC(C)(CNc1cc(OC)cc([N+](=O)[O-])c1)C(=O)O. The zero-order valence-electron chi connectivity index (χ0n) is 11.7. The Morgan fingerprint density at radius 1 is 1.50 bits per heavy atom. The predicted octanol–water partition coefficient (Wildman–Crippen LogP) is 2.52. The number of nitrogens with one attached hydrogen (secondary N) is 1. The van der Waals surface area contributed by atoms with Gasteiger partial charge in [-0.25, -0.2) is 0 Å². The van der Waals surface area contributed by atoms with Gasteiger partial charge >= 0.3 is 5.97 Å².